The van der Waals surface area contributed by atoms with Crippen molar-refractivity contribution in [2.45, 2.75) is 45.1 Å². The first-order valence-corrected chi connectivity index (χ1v) is 8.08. The van der Waals surface area contributed by atoms with E-state index in [9.17, 15) is 5.11 Å². The summed E-state index contributed by atoms with van der Waals surface area (Å²) in [5, 5.41) is 22.7. The Morgan fingerprint density at radius 3 is 2.86 bits per heavy atom. The average Bonchev–Trinajstić information content (AvgIpc) is 2.83. The minimum Gasteiger partial charge on any atom is -0.493 e. The predicted molar refractivity (Wildman–Crippen MR) is 91.8 cm³/mol. The Morgan fingerprint density at radius 1 is 1.32 bits per heavy atom. The number of benzene rings is 1. The molecule has 116 valence electrons. The first-order chi connectivity index (χ1) is 10.6. The van der Waals surface area contributed by atoms with Crippen LogP contribution in [0.25, 0.3) is 10.9 Å². The van der Waals surface area contributed by atoms with Crippen molar-refractivity contribution in [2.24, 2.45) is 10.2 Å². The monoisotopic (exact) mass is 316 g/mol. The van der Waals surface area contributed by atoms with Gasteiger partial charge in [0.1, 0.15) is 0 Å². The van der Waals surface area contributed by atoms with Crippen LogP contribution in [0.1, 0.15) is 37.7 Å². The summed E-state index contributed by atoms with van der Waals surface area (Å²) in [7, 11) is 0. The number of para-hydroxylation sites is 1. The van der Waals surface area contributed by atoms with Gasteiger partial charge in [-0.15, -0.1) is 10.2 Å². The lowest BCUT2D eigenvalue weighted by atomic mass is 9.96. The maximum Gasteiger partial charge on any atom is 0.218 e. The van der Waals surface area contributed by atoms with Crippen molar-refractivity contribution < 1.29 is 5.11 Å². The Bertz CT molecular complexity index is 716. The van der Waals surface area contributed by atoms with Gasteiger partial charge in [0, 0.05) is 11.4 Å². The Kier molecular flexibility index (Phi) is 4.38. The standard InChI is InChI=1S/C16H20N4OS/c1-10-6-5-9-12-13(10)18-15(21)14(12)19-20-16(22)17-11-7-3-2-4-8-11/h5-6,9,11,18,21H,2-4,7-8H2,1H3,(H,17,22). The number of aryl methyl sites for hydroxylation is 1. The summed E-state index contributed by atoms with van der Waals surface area (Å²) in [4.78, 5) is 2.94. The van der Waals surface area contributed by atoms with Crippen molar-refractivity contribution in [1.29, 1.82) is 0 Å². The zero-order valence-corrected chi connectivity index (χ0v) is 13.4. The highest BCUT2D eigenvalue weighted by Gasteiger charge is 2.15. The number of hydrogen-bond donors (Lipinski definition) is 3. The van der Waals surface area contributed by atoms with Crippen LogP contribution in [-0.4, -0.2) is 21.2 Å². The third kappa shape index (κ3) is 3.11. The van der Waals surface area contributed by atoms with Crippen molar-refractivity contribution in [1.82, 2.24) is 10.3 Å². The lowest BCUT2D eigenvalue weighted by Gasteiger charge is -2.22. The van der Waals surface area contributed by atoms with Gasteiger partial charge in [-0.05, 0) is 37.5 Å². The normalized spacial score (nSPS) is 16.4. The van der Waals surface area contributed by atoms with E-state index in [-0.39, 0.29) is 5.88 Å². The van der Waals surface area contributed by atoms with Gasteiger partial charge in [-0.3, -0.25) is 0 Å². The third-order valence-electron chi connectivity index (χ3n) is 4.17. The van der Waals surface area contributed by atoms with Crippen molar-refractivity contribution in [2.75, 3.05) is 0 Å². The number of hydrogen-bond acceptors (Lipinski definition) is 3. The second kappa shape index (κ2) is 6.44. The number of fused-ring (bicyclic) bond motifs is 1. The molecule has 0 unspecified atom stereocenters. The Morgan fingerprint density at radius 2 is 2.09 bits per heavy atom. The molecule has 0 spiro atoms. The largest absolute Gasteiger partial charge is 0.493 e. The number of azo groups is 1. The summed E-state index contributed by atoms with van der Waals surface area (Å²) in [5.41, 5.74) is 2.36. The number of aromatic hydroxyl groups is 1. The maximum atomic E-state index is 10.0. The SMILES string of the molecule is Cc1cccc2c(N=NC(=S)NC3CCCCC3)c(O)[nH]c12. The number of aromatic amines is 1. The van der Waals surface area contributed by atoms with E-state index in [2.05, 4.69) is 20.5 Å². The molecule has 0 amide bonds. The van der Waals surface area contributed by atoms with Gasteiger partial charge in [-0.25, -0.2) is 0 Å². The molecule has 0 radical (unpaired) electrons. The van der Waals surface area contributed by atoms with Gasteiger partial charge in [-0.2, -0.15) is 0 Å². The van der Waals surface area contributed by atoms with E-state index in [1.165, 1.54) is 19.3 Å². The number of aromatic nitrogens is 1. The zero-order chi connectivity index (χ0) is 15.5. The lowest BCUT2D eigenvalue weighted by molar-refractivity contribution is 0.414. The van der Waals surface area contributed by atoms with Gasteiger partial charge in [0.05, 0.1) is 5.52 Å². The summed E-state index contributed by atoms with van der Waals surface area (Å²) in [6.45, 7) is 1.98. The van der Waals surface area contributed by atoms with E-state index < -0.39 is 0 Å². The van der Waals surface area contributed by atoms with Gasteiger partial charge < -0.3 is 15.4 Å². The summed E-state index contributed by atoms with van der Waals surface area (Å²) in [5.74, 6) is 0.0218. The molecule has 1 aliphatic rings. The molecule has 2 aromatic rings. The molecular weight excluding hydrogens is 296 g/mol. The van der Waals surface area contributed by atoms with Crippen LogP contribution in [-0.2, 0) is 0 Å². The molecule has 3 N–H and O–H groups in total. The smallest absolute Gasteiger partial charge is 0.218 e. The van der Waals surface area contributed by atoms with Crippen LogP contribution >= 0.6 is 12.2 Å². The van der Waals surface area contributed by atoms with E-state index in [0.717, 1.165) is 29.3 Å². The quantitative estimate of drug-likeness (QED) is 0.565. The fourth-order valence-electron chi connectivity index (χ4n) is 2.98. The molecule has 1 aromatic carbocycles. The zero-order valence-electron chi connectivity index (χ0n) is 12.6. The molecule has 5 nitrogen and oxygen atoms in total. The molecular formula is C16H20N4OS. The van der Waals surface area contributed by atoms with Crippen molar-refractivity contribution in [3.05, 3.63) is 23.8 Å². The molecule has 1 fully saturated rings. The average molecular weight is 316 g/mol. The molecule has 1 heterocycles. The van der Waals surface area contributed by atoms with E-state index in [4.69, 9.17) is 12.2 Å². The summed E-state index contributed by atoms with van der Waals surface area (Å²) in [6, 6.07) is 6.22. The summed E-state index contributed by atoms with van der Waals surface area (Å²) < 4.78 is 0. The van der Waals surface area contributed by atoms with Crippen molar-refractivity contribution >= 4 is 33.9 Å². The van der Waals surface area contributed by atoms with Crippen LogP contribution in [0.2, 0.25) is 0 Å². The molecule has 1 aromatic heterocycles. The number of rotatable bonds is 2. The van der Waals surface area contributed by atoms with Gasteiger partial charge in [0.2, 0.25) is 11.0 Å². The van der Waals surface area contributed by atoms with Crippen LogP contribution in [0.4, 0.5) is 5.69 Å². The van der Waals surface area contributed by atoms with Crippen LogP contribution in [0.3, 0.4) is 0 Å². The first-order valence-electron chi connectivity index (χ1n) is 7.67. The van der Waals surface area contributed by atoms with Gasteiger partial charge >= 0.3 is 0 Å². The highest BCUT2D eigenvalue weighted by molar-refractivity contribution is 7.80. The van der Waals surface area contributed by atoms with Crippen LogP contribution in [0.5, 0.6) is 5.88 Å². The molecule has 0 atom stereocenters. The fourth-order valence-corrected chi connectivity index (χ4v) is 3.19. The van der Waals surface area contributed by atoms with E-state index >= 15 is 0 Å². The lowest BCUT2D eigenvalue weighted by Crippen LogP contribution is -2.33. The van der Waals surface area contributed by atoms with Crippen molar-refractivity contribution in [3.63, 3.8) is 0 Å². The molecule has 0 bridgehead atoms. The molecule has 0 saturated heterocycles. The number of nitrogens with zero attached hydrogens (tertiary/aromatic N) is 2. The third-order valence-corrected chi connectivity index (χ3v) is 4.37. The summed E-state index contributed by atoms with van der Waals surface area (Å²) in [6.07, 6.45) is 6.04. The van der Waals surface area contributed by atoms with Crippen LogP contribution in [0, 0.1) is 6.92 Å². The molecule has 1 saturated carbocycles. The van der Waals surface area contributed by atoms with Gasteiger partial charge in [0.15, 0.2) is 5.69 Å². The van der Waals surface area contributed by atoms with Crippen LogP contribution in [0.15, 0.2) is 28.4 Å². The minimum absolute atomic E-state index is 0.0218. The topological polar surface area (TPSA) is 72.8 Å². The van der Waals surface area contributed by atoms with Gasteiger partial charge in [-0.1, -0.05) is 37.5 Å². The van der Waals surface area contributed by atoms with E-state index in [1.807, 2.05) is 25.1 Å². The highest BCUT2D eigenvalue weighted by atomic mass is 32.1. The second-order valence-corrected chi connectivity index (χ2v) is 6.19. The molecule has 0 aliphatic heterocycles. The van der Waals surface area contributed by atoms with Gasteiger partial charge in [0.25, 0.3) is 0 Å². The van der Waals surface area contributed by atoms with E-state index in [1.54, 1.807) is 0 Å². The molecule has 6 heteroatoms. The number of thiocarbonyl (C=S) groups is 1. The maximum absolute atomic E-state index is 10.0. The first kappa shape index (κ1) is 15.0. The molecule has 22 heavy (non-hydrogen) atoms. The summed E-state index contributed by atoms with van der Waals surface area (Å²) >= 11 is 5.24. The van der Waals surface area contributed by atoms with E-state index in [0.29, 0.717) is 16.8 Å². The Balaban J connectivity index is 1.76. The van der Waals surface area contributed by atoms with Crippen molar-refractivity contribution in [3.8, 4) is 5.88 Å². The fraction of sp³-hybridized carbons (Fsp3) is 0.438. The number of H-pyrrole nitrogens is 1. The van der Waals surface area contributed by atoms with Crippen LogP contribution < -0.4 is 5.32 Å². The molecule has 1 aliphatic carbocycles. The Labute approximate surface area is 134 Å². The Hall–Kier alpha value is -1.95. The minimum atomic E-state index is 0.0218. The molecule has 3 rings (SSSR count). The number of nitrogens with one attached hydrogen (secondary N) is 2. The predicted octanol–water partition coefficient (Wildman–Crippen LogP) is 4.47. The second-order valence-electron chi connectivity index (χ2n) is 5.80. The highest BCUT2D eigenvalue weighted by Crippen LogP contribution is 2.36.